The van der Waals surface area contributed by atoms with Crippen molar-refractivity contribution in [2.24, 2.45) is 0 Å². The number of benzene rings is 1. The molecule has 14 heteroatoms. The van der Waals surface area contributed by atoms with Gasteiger partial charge < -0.3 is 9.72 Å². The van der Waals surface area contributed by atoms with Crippen LogP contribution in [0, 0.1) is 17.5 Å². The molecule has 0 aliphatic carbocycles. The Morgan fingerprint density at radius 2 is 1.91 bits per heavy atom. The number of ether oxygens (including phenoxy) is 1. The van der Waals surface area contributed by atoms with E-state index < -0.39 is 49.5 Å². The second-order valence-corrected chi connectivity index (χ2v) is 8.78. The molecule has 10 nitrogen and oxygen atoms in total. The number of aromatic nitrogens is 6. The van der Waals surface area contributed by atoms with Gasteiger partial charge in [-0.3, -0.25) is 4.72 Å². The van der Waals surface area contributed by atoms with Gasteiger partial charge in [-0.25, -0.2) is 41.1 Å². The van der Waals surface area contributed by atoms with Crippen molar-refractivity contribution in [2.75, 3.05) is 11.8 Å². The van der Waals surface area contributed by atoms with Crippen LogP contribution in [0.1, 0.15) is 0 Å². The van der Waals surface area contributed by atoms with Crippen molar-refractivity contribution in [3.8, 4) is 28.7 Å². The molecule has 1 aromatic carbocycles. The summed E-state index contributed by atoms with van der Waals surface area (Å²) in [6, 6.07) is 5.36. The van der Waals surface area contributed by atoms with Gasteiger partial charge in [0.05, 0.1) is 35.8 Å². The third-order valence-electron chi connectivity index (χ3n) is 4.98. The molecule has 0 fully saturated rings. The van der Waals surface area contributed by atoms with Gasteiger partial charge in [-0.1, -0.05) is 0 Å². The molecule has 0 bridgehead atoms. The van der Waals surface area contributed by atoms with Crippen LogP contribution in [-0.4, -0.2) is 45.1 Å². The van der Waals surface area contributed by atoms with Gasteiger partial charge in [0, 0.05) is 18.5 Å². The van der Waals surface area contributed by atoms with Crippen LogP contribution >= 0.6 is 0 Å². The normalized spacial score (nSPS) is 11.7. The molecule has 178 valence electrons. The fourth-order valence-corrected chi connectivity index (χ4v) is 4.61. The molecule has 0 spiro atoms. The minimum absolute atomic E-state index is 0.123. The van der Waals surface area contributed by atoms with Gasteiger partial charge in [0.2, 0.25) is 5.88 Å². The SMILES string of the molecule is COc1ncc(F)cc1S(=O)(=O)Nc1ccc(F)c(-c2ccc3c(-c4ncc[nH]4)ncn3n2)c1F. The minimum Gasteiger partial charge on any atom is -0.480 e. The number of nitrogens with one attached hydrogen (secondary N) is 2. The van der Waals surface area contributed by atoms with Crippen LogP contribution in [0.5, 0.6) is 5.88 Å². The lowest BCUT2D eigenvalue weighted by molar-refractivity contribution is 0.382. The first-order valence-corrected chi connectivity index (χ1v) is 11.3. The molecule has 0 amide bonds. The third-order valence-corrected chi connectivity index (χ3v) is 6.34. The highest BCUT2D eigenvalue weighted by molar-refractivity contribution is 7.92. The molecule has 4 aromatic heterocycles. The molecule has 0 aliphatic rings. The summed E-state index contributed by atoms with van der Waals surface area (Å²) in [6.07, 6.45) is 5.29. The number of aromatic amines is 1. The number of anilines is 1. The van der Waals surface area contributed by atoms with Crippen LogP contribution in [0.4, 0.5) is 18.9 Å². The van der Waals surface area contributed by atoms with Crippen LogP contribution in [0.15, 0.2) is 60.1 Å². The number of hydrogen-bond donors (Lipinski definition) is 2. The lowest BCUT2D eigenvalue weighted by Crippen LogP contribution is -2.16. The van der Waals surface area contributed by atoms with Gasteiger partial charge >= 0.3 is 0 Å². The zero-order chi connectivity index (χ0) is 24.7. The number of nitrogens with zero attached hydrogens (tertiary/aromatic N) is 5. The molecule has 2 N–H and O–H groups in total. The molecule has 0 unspecified atom stereocenters. The average Bonchev–Trinajstić information content (AvgIpc) is 3.50. The monoisotopic (exact) mass is 501 g/mol. The maximum absolute atomic E-state index is 15.4. The van der Waals surface area contributed by atoms with E-state index in [1.807, 2.05) is 4.72 Å². The standard InChI is InChI=1S/C21H14F3N7O3S/c1-34-21-16(8-11(22)9-27-21)35(32,33)30-14-3-2-12(23)17(18(14)24)13-4-5-15-19(20-25-6-7-26-20)28-10-31(15)29-13/h2-10,30H,1H3,(H,25,26). The lowest BCUT2D eigenvalue weighted by atomic mass is 10.1. The molecule has 0 atom stereocenters. The Hall–Kier alpha value is -4.46. The minimum atomic E-state index is -4.56. The van der Waals surface area contributed by atoms with Crippen molar-refractivity contribution in [3.63, 3.8) is 0 Å². The summed E-state index contributed by atoms with van der Waals surface area (Å²) >= 11 is 0. The lowest BCUT2D eigenvalue weighted by Gasteiger charge is -2.13. The first-order chi connectivity index (χ1) is 16.8. The number of rotatable bonds is 6. The van der Waals surface area contributed by atoms with Crippen molar-refractivity contribution in [1.82, 2.24) is 29.5 Å². The Bertz CT molecular complexity index is 1670. The van der Waals surface area contributed by atoms with E-state index in [1.54, 1.807) is 18.5 Å². The first kappa shape index (κ1) is 22.3. The smallest absolute Gasteiger partial charge is 0.267 e. The number of hydrogen-bond acceptors (Lipinski definition) is 7. The van der Waals surface area contributed by atoms with Crippen LogP contribution < -0.4 is 9.46 Å². The fourth-order valence-electron chi connectivity index (χ4n) is 3.42. The Morgan fingerprint density at radius 3 is 2.66 bits per heavy atom. The Morgan fingerprint density at radius 1 is 1.09 bits per heavy atom. The molecule has 0 saturated heterocycles. The number of imidazole rings is 2. The summed E-state index contributed by atoms with van der Waals surface area (Å²) in [5.41, 5.74) is -0.288. The molecule has 5 aromatic rings. The zero-order valence-electron chi connectivity index (χ0n) is 17.7. The Labute approximate surface area is 195 Å². The first-order valence-electron chi connectivity index (χ1n) is 9.83. The van der Waals surface area contributed by atoms with E-state index in [0.717, 1.165) is 25.4 Å². The summed E-state index contributed by atoms with van der Waals surface area (Å²) < 4.78 is 77.5. The molecular formula is C21H14F3N7O3S. The number of halogens is 3. The maximum atomic E-state index is 15.4. The number of fused-ring (bicyclic) bond motifs is 1. The van der Waals surface area contributed by atoms with E-state index in [1.165, 1.54) is 16.9 Å². The number of sulfonamides is 1. The largest absolute Gasteiger partial charge is 0.480 e. The molecular weight excluding hydrogens is 487 g/mol. The van der Waals surface area contributed by atoms with Crippen molar-refractivity contribution >= 4 is 21.2 Å². The van der Waals surface area contributed by atoms with Crippen molar-refractivity contribution in [2.45, 2.75) is 4.90 Å². The fraction of sp³-hybridized carbons (Fsp3) is 0.0476. The van der Waals surface area contributed by atoms with Gasteiger partial charge in [0.1, 0.15) is 23.7 Å². The predicted molar refractivity (Wildman–Crippen MR) is 117 cm³/mol. The molecule has 5 rings (SSSR count). The predicted octanol–water partition coefficient (Wildman–Crippen LogP) is 3.41. The van der Waals surface area contributed by atoms with Crippen molar-refractivity contribution < 1.29 is 26.3 Å². The number of methoxy groups -OCH3 is 1. The highest BCUT2D eigenvalue weighted by Gasteiger charge is 2.26. The van der Waals surface area contributed by atoms with E-state index >= 15 is 4.39 Å². The summed E-state index contributed by atoms with van der Waals surface area (Å²) in [5.74, 6) is -3.07. The molecule has 0 aliphatic heterocycles. The van der Waals surface area contributed by atoms with Gasteiger partial charge in [-0.15, -0.1) is 0 Å². The van der Waals surface area contributed by atoms with Gasteiger partial charge in [-0.2, -0.15) is 5.10 Å². The summed E-state index contributed by atoms with van der Waals surface area (Å²) in [5, 5.41) is 4.21. The van der Waals surface area contributed by atoms with Crippen molar-refractivity contribution in [1.29, 1.82) is 0 Å². The second kappa shape index (κ2) is 8.39. The zero-order valence-corrected chi connectivity index (χ0v) is 18.5. The van der Waals surface area contributed by atoms with E-state index in [2.05, 4.69) is 25.0 Å². The van der Waals surface area contributed by atoms with Crippen molar-refractivity contribution in [3.05, 3.63) is 72.7 Å². The summed E-state index contributed by atoms with van der Waals surface area (Å²) in [4.78, 5) is 14.2. The van der Waals surface area contributed by atoms with E-state index in [9.17, 15) is 17.2 Å². The molecule has 0 saturated carbocycles. The van der Waals surface area contributed by atoms with Crippen LogP contribution in [0.3, 0.4) is 0 Å². The maximum Gasteiger partial charge on any atom is 0.267 e. The quantitative estimate of drug-likeness (QED) is 0.365. The molecule has 35 heavy (non-hydrogen) atoms. The topological polar surface area (TPSA) is 127 Å². The van der Waals surface area contributed by atoms with Gasteiger partial charge in [0.25, 0.3) is 10.0 Å². The number of H-pyrrole nitrogens is 1. The van der Waals surface area contributed by atoms with Crippen LogP contribution in [0.2, 0.25) is 0 Å². The van der Waals surface area contributed by atoms with E-state index in [-0.39, 0.29) is 5.69 Å². The molecule has 4 heterocycles. The highest BCUT2D eigenvalue weighted by Crippen LogP contribution is 2.32. The average molecular weight is 501 g/mol. The summed E-state index contributed by atoms with van der Waals surface area (Å²) in [7, 11) is -3.41. The van der Waals surface area contributed by atoms with E-state index in [4.69, 9.17) is 4.74 Å². The van der Waals surface area contributed by atoms with Crippen LogP contribution in [0.25, 0.3) is 28.3 Å². The Kier molecular flexibility index (Phi) is 5.36. The number of pyridine rings is 1. The van der Waals surface area contributed by atoms with E-state index in [0.29, 0.717) is 23.1 Å². The second-order valence-electron chi connectivity index (χ2n) is 7.13. The Balaban J connectivity index is 1.56. The highest BCUT2D eigenvalue weighted by atomic mass is 32.2. The molecule has 0 radical (unpaired) electrons. The third kappa shape index (κ3) is 3.93. The van der Waals surface area contributed by atoms with Gasteiger partial charge in [0.15, 0.2) is 16.5 Å². The summed E-state index contributed by atoms with van der Waals surface area (Å²) in [6.45, 7) is 0. The van der Waals surface area contributed by atoms with Gasteiger partial charge in [-0.05, 0) is 24.3 Å². The van der Waals surface area contributed by atoms with Crippen LogP contribution in [-0.2, 0) is 10.0 Å².